The molecule has 23 heavy (non-hydrogen) atoms. The average Bonchev–Trinajstić information content (AvgIpc) is 3.00. The topological polar surface area (TPSA) is 36.9 Å². The van der Waals surface area contributed by atoms with Crippen LogP contribution in [-0.2, 0) is 0 Å². The van der Waals surface area contributed by atoms with Gasteiger partial charge >= 0.3 is 0 Å². The fourth-order valence-electron chi connectivity index (χ4n) is 2.05. The summed E-state index contributed by atoms with van der Waals surface area (Å²) in [5.41, 5.74) is 0.885. The van der Waals surface area contributed by atoms with Gasteiger partial charge in [0.05, 0.1) is 11.6 Å². The molecule has 0 atom stereocenters. The summed E-state index contributed by atoms with van der Waals surface area (Å²) >= 11 is 1.50. The molecule has 0 bridgehead atoms. The molecule has 0 saturated carbocycles. The molecule has 1 heterocycles. The highest BCUT2D eigenvalue weighted by Crippen LogP contribution is 2.30. The zero-order valence-corrected chi connectivity index (χ0v) is 12.9. The van der Waals surface area contributed by atoms with E-state index in [1.165, 1.54) is 23.9 Å². The predicted molar refractivity (Wildman–Crippen MR) is 89.2 cm³/mol. The largest absolute Gasteiger partial charge is 0.450 e. The molecule has 0 amide bonds. The lowest BCUT2D eigenvalue weighted by Gasteiger charge is -1.99. The van der Waals surface area contributed by atoms with E-state index in [1.807, 2.05) is 36.4 Å². The lowest BCUT2D eigenvalue weighted by molar-refractivity contribution is 0.466. The van der Waals surface area contributed by atoms with E-state index in [0.29, 0.717) is 16.9 Å². The molecular formula is C19H12FNOS. The Bertz CT molecular complexity index is 878. The number of hydrogen-bond acceptors (Lipinski definition) is 3. The van der Waals surface area contributed by atoms with Crippen LogP contribution in [0.15, 0.2) is 81.1 Å². The van der Waals surface area contributed by atoms with E-state index in [0.717, 1.165) is 9.99 Å². The Morgan fingerprint density at radius 2 is 1.87 bits per heavy atom. The maximum absolute atomic E-state index is 13.3. The Kier molecular flexibility index (Phi) is 4.60. The van der Waals surface area contributed by atoms with Gasteiger partial charge in [0.15, 0.2) is 5.09 Å². The Hall–Kier alpha value is -2.77. The fraction of sp³-hybridized carbons (Fsp3) is 0. The smallest absolute Gasteiger partial charge is 0.165 e. The standard InChI is InChI=1S/C19H12FNOS/c20-16-6-4-5-14(11-16)15(13-21)12-17-9-10-19(22-17)23-18-7-2-1-3-8-18/h1-12H. The summed E-state index contributed by atoms with van der Waals surface area (Å²) in [5.74, 6) is 0.188. The van der Waals surface area contributed by atoms with Gasteiger partial charge in [0, 0.05) is 4.90 Å². The number of hydrogen-bond donors (Lipinski definition) is 0. The third-order valence-electron chi connectivity index (χ3n) is 3.11. The van der Waals surface area contributed by atoms with E-state index in [2.05, 4.69) is 6.07 Å². The second-order valence-electron chi connectivity index (χ2n) is 4.75. The fourth-order valence-corrected chi connectivity index (χ4v) is 2.85. The van der Waals surface area contributed by atoms with E-state index < -0.39 is 0 Å². The van der Waals surface area contributed by atoms with E-state index in [4.69, 9.17) is 4.42 Å². The highest BCUT2D eigenvalue weighted by atomic mass is 32.2. The van der Waals surface area contributed by atoms with E-state index >= 15 is 0 Å². The monoisotopic (exact) mass is 321 g/mol. The first kappa shape index (κ1) is 15.1. The number of benzene rings is 2. The van der Waals surface area contributed by atoms with Crippen molar-refractivity contribution in [2.45, 2.75) is 9.99 Å². The normalized spacial score (nSPS) is 11.2. The van der Waals surface area contributed by atoms with Gasteiger partial charge in [-0.2, -0.15) is 5.26 Å². The summed E-state index contributed by atoms with van der Waals surface area (Å²) in [5, 5.41) is 10.0. The molecule has 0 fully saturated rings. The Morgan fingerprint density at radius 3 is 2.61 bits per heavy atom. The van der Waals surface area contributed by atoms with Crippen LogP contribution in [-0.4, -0.2) is 0 Å². The van der Waals surface area contributed by atoms with Gasteiger partial charge in [0.1, 0.15) is 11.6 Å². The average molecular weight is 321 g/mol. The number of furan rings is 1. The molecule has 0 saturated heterocycles. The molecular weight excluding hydrogens is 309 g/mol. The summed E-state index contributed by atoms with van der Waals surface area (Å²) in [6.45, 7) is 0. The van der Waals surface area contributed by atoms with E-state index in [9.17, 15) is 9.65 Å². The minimum Gasteiger partial charge on any atom is -0.450 e. The molecule has 2 aromatic carbocycles. The van der Waals surface area contributed by atoms with Crippen LogP contribution < -0.4 is 0 Å². The minimum atomic E-state index is -0.372. The maximum atomic E-state index is 13.3. The van der Waals surface area contributed by atoms with Crippen LogP contribution in [0.4, 0.5) is 4.39 Å². The van der Waals surface area contributed by atoms with Crippen molar-refractivity contribution in [1.29, 1.82) is 5.26 Å². The van der Waals surface area contributed by atoms with E-state index in [1.54, 1.807) is 24.3 Å². The molecule has 0 N–H and O–H groups in total. The van der Waals surface area contributed by atoms with Crippen molar-refractivity contribution in [3.63, 3.8) is 0 Å². The molecule has 4 heteroatoms. The van der Waals surface area contributed by atoms with Gasteiger partial charge < -0.3 is 4.42 Å². The predicted octanol–water partition coefficient (Wildman–Crippen LogP) is 5.63. The van der Waals surface area contributed by atoms with Gasteiger partial charge in [-0.15, -0.1) is 0 Å². The Labute approximate surface area is 137 Å². The number of nitrogens with zero attached hydrogens (tertiary/aromatic N) is 1. The van der Waals surface area contributed by atoms with Crippen molar-refractivity contribution in [2.24, 2.45) is 0 Å². The molecule has 3 aromatic rings. The van der Waals surface area contributed by atoms with Gasteiger partial charge in [0.2, 0.25) is 0 Å². The summed E-state index contributed by atoms with van der Waals surface area (Å²) in [4.78, 5) is 1.07. The van der Waals surface area contributed by atoms with Crippen molar-refractivity contribution in [1.82, 2.24) is 0 Å². The molecule has 0 aliphatic heterocycles. The van der Waals surface area contributed by atoms with Gasteiger partial charge in [-0.3, -0.25) is 0 Å². The molecule has 0 unspecified atom stereocenters. The van der Waals surface area contributed by atoms with Crippen LogP contribution >= 0.6 is 11.8 Å². The first-order valence-corrected chi connectivity index (χ1v) is 7.77. The number of rotatable bonds is 4. The van der Waals surface area contributed by atoms with Gasteiger partial charge in [-0.05, 0) is 48.0 Å². The van der Waals surface area contributed by atoms with Crippen molar-refractivity contribution >= 4 is 23.4 Å². The quantitative estimate of drug-likeness (QED) is 0.584. The van der Waals surface area contributed by atoms with Crippen LogP contribution in [0, 0.1) is 17.1 Å². The second-order valence-corrected chi connectivity index (χ2v) is 5.83. The van der Waals surface area contributed by atoms with Crippen LogP contribution in [0.2, 0.25) is 0 Å². The highest BCUT2D eigenvalue weighted by molar-refractivity contribution is 7.99. The number of allylic oxidation sites excluding steroid dienone is 1. The first-order valence-electron chi connectivity index (χ1n) is 6.95. The summed E-state index contributed by atoms with van der Waals surface area (Å²) in [7, 11) is 0. The Morgan fingerprint density at radius 1 is 1.04 bits per heavy atom. The van der Waals surface area contributed by atoms with Crippen molar-refractivity contribution in [2.75, 3.05) is 0 Å². The molecule has 112 valence electrons. The molecule has 0 aliphatic carbocycles. The third kappa shape index (κ3) is 3.91. The van der Waals surface area contributed by atoms with Gasteiger partial charge in [0.25, 0.3) is 0 Å². The first-order chi connectivity index (χ1) is 11.2. The summed E-state index contributed by atoms with van der Waals surface area (Å²) < 4.78 is 19.0. The lowest BCUT2D eigenvalue weighted by Crippen LogP contribution is -1.83. The third-order valence-corrected chi connectivity index (χ3v) is 4.03. The van der Waals surface area contributed by atoms with Crippen molar-refractivity contribution in [3.8, 4) is 6.07 Å². The molecule has 0 spiro atoms. The summed E-state index contributed by atoms with van der Waals surface area (Å²) in [6.07, 6.45) is 1.61. The molecule has 1 aromatic heterocycles. The zero-order chi connectivity index (χ0) is 16.1. The molecule has 0 aliphatic rings. The zero-order valence-electron chi connectivity index (χ0n) is 12.1. The number of halogens is 1. The Balaban J connectivity index is 1.83. The van der Waals surface area contributed by atoms with Crippen LogP contribution in [0.3, 0.4) is 0 Å². The maximum Gasteiger partial charge on any atom is 0.165 e. The van der Waals surface area contributed by atoms with Crippen LogP contribution in [0.1, 0.15) is 11.3 Å². The van der Waals surface area contributed by atoms with Crippen molar-refractivity contribution in [3.05, 3.63) is 83.9 Å². The van der Waals surface area contributed by atoms with Gasteiger partial charge in [-0.1, -0.05) is 42.1 Å². The van der Waals surface area contributed by atoms with Crippen LogP contribution in [0.25, 0.3) is 11.6 Å². The summed E-state index contributed by atoms with van der Waals surface area (Å²) in [6, 6.07) is 21.6. The second kappa shape index (κ2) is 6.99. The molecule has 3 rings (SSSR count). The molecule has 2 nitrogen and oxygen atoms in total. The van der Waals surface area contributed by atoms with Crippen molar-refractivity contribution < 1.29 is 8.81 Å². The SMILES string of the molecule is N#CC(=Cc1ccc(Sc2ccccc2)o1)c1cccc(F)c1. The highest BCUT2D eigenvalue weighted by Gasteiger charge is 2.06. The number of nitriles is 1. The lowest BCUT2D eigenvalue weighted by atomic mass is 10.1. The van der Waals surface area contributed by atoms with E-state index in [-0.39, 0.29) is 5.82 Å². The molecule has 0 radical (unpaired) electrons. The van der Waals surface area contributed by atoms with Crippen LogP contribution in [0.5, 0.6) is 0 Å². The minimum absolute atomic E-state index is 0.357. The van der Waals surface area contributed by atoms with Gasteiger partial charge in [-0.25, -0.2) is 4.39 Å².